The van der Waals surface area contributed by atoms with Crippen LogP contribution in [0.15, 0.2) is 16.3 Å². The van der Waals surface area contributed by atoms with Gasteiger partial charge in [-0.2, -0.15) is 4.31 Å². The van der Waals surface area contributed by atoms with Gasteiger partial charge in [0.15, 0.2) is 0 Å². The number of terminal acetylenes is 1. The van der Waals surface area contributed by atoms with E-state index >= 15 is 0 Å². The molecule has 110 valence electrons. The van der Waals surface area contributed by atoms with Crippen molar-refractivity contribution in [2.24, 2.45) is 5.92 Å². The van der Waals surface area contributed by atoms with Crippen LogP contribution >= 0.6 is 11.3 Å². The number of hydrogen-bond donors (Lipinski definition) is 1. The maximum atomic E-state index is 12.6. The van der Waals surface area contributed by atoms with Gasteiger partial charge < -0.3 is 5.32 Å². The molecule has 0 atom stereocenters. The number of rotatable bonds is 8. The number of thiophene rings is 1. The molecular formula is C14H20N2O2S2. The second-order valence-corrected chi connectivity index (χ2v) is 8.28. The van der Waals surface area contributed by atoms with E-state index in [9.17, 15) is 8.42 Å². The average Bonchev–Trinajstić information content (AvgIpc) is 3.10. The molecule has 2 rings (SSSR count). The Bertz CT molecular complexity index is 583. The summed E-state index contributed by atoms with van der Waals surface area (Å²) < 4.78 is 27.0. The van der Waals surface area contributed by atoms with E-state index < -0.39 is 10.0 Å². The smallest absolute Gasteiger partial charge is 0.253 e. The summed E-state index contributed by atoms with van der Waals surface area (Å²) in [7, 11) is -3.44. The minimum Gasteiger partial charge on any atom is -0.312 e. The van der Waals surface area contributed by atoms with Gasteiger partial charge in [-0.05, 0) is 37.4 Å². The first kappa shape index (κ1) is 15.5. The monoisotopic (exact) mass is 312 g/mol. The summed E-state index contributed by atoms with van der Waals surface area (Å²) in [4.78, 5) is 1.03. The van der Waals surface area contributed by atoms with Crippen molar-refractivity contribution < 1.29 is 8.42 Å². The predicted molar refractivity (Wildman–Crippen MR) is 82.0 cm³/mol. The van der Waals surface area contributed by atoms with Crippen LogP contribution in [0.4, 0.5) is 0 Å². The number of hydrogen-bond acceptors (Lipinski definition) is 4. The molecule has 1 heterocycles. The van der Waals surface area contributed by atoms with Gasteiger partial charge >= 0.3 is 0 Å². The van der Waals surface area contributed by atoms with Crippen molar-refractivity contribution in [2.45, 2.75) is 30.5 Å². The molecular weight excluding hydrogens is 292 g/mol. The lowest BCUT2D eigenvalue weighted by molar-refractivity contribution is 0.431. The van der Waals surface area contributed by atoms with Gasteiger partial charge in [0.2, 0.25) is 0 Å². The SMILES string of the molecule is C#CCN(CC1CC1)S(=O)(=O)c1ccc(CNCC)s1. The summed E-state index contributed by atoms with van der Waals surface area (Å²) in [5.74, 6) is 2.94. The van der Waals surface area contributed by atoms with E-state index in [1.807, 2.05) is 13.0 Å². The van der Waals surface area contributed by atoms with Crippen LogP contribution in [0.25, 0.3) is 0 Å². The Labute approximate surface area is 125 Å². The minimum absolute atomic E-state index is 0.152. The van der Waals surface area contributed by atoms with Gasteiger partial charge in [0.05, 0.1) is 6.54 Å². The molecule has 6 heteroatoms. The highest BCUT2D eigenvalue weighted by Crippen LogP contribution is 2.32. The minimum atomic E-state index is -3.44. The molecule has 0 bridgehead atoms. The predicted octanol–water partition coefficient (Wildman–Crippen LogP) is 1.89. The van der Waals surface area contributed by atoms with Crippen LogP contribution in [0.3, 0.4) is 0 Å². The van der Waals surface area contributed by atoms with Gasteiger partial charge in [0.1, 0.15) is 4.21 Å². The molecule has 1 aromatic rings. The van der Waals surface area contributed by atoms with Gasteiger partial charge in [-0.1, -0.05) is 12.8 Å². The highest BCUT2D eigenvalue weighted by molar-refractivity contribution is 7.91. The van der Waals surface area contributed by atoms with Crippen molar-refractivity contribution in [3.63, 3.8) is 0 Å². The molecule has 1 saturated carbocycles. The van der Waals surface area contributed by atoms with E-state index in [0.29, 0.717) is 23.2 Å². The van der Waals surface area contributed by atoms with Gasteiger partial charge in [-0.15, -0.1) is 17.8 Å². The van der Waals surface area contributed by atoms with E-state index in [1.54, 1.807) is 6.07 Å². The third-order valence-electron chi connectivity index (χ3n) is 3.21. The van der Waals surface area contributed by atoms with E-state index in [2.05, 4.69) is 11.2 Å². The Balaban J connectivity index is 2.13. The molecule has 1 N–H and O–H groups in total. The van der Waals surface area contributed by atoms with Crippen molar-refractivity contribution in [3.05, 3.63) is 17.0 Å². The highest BCUT2D eigenvalue weighted by atomic mass is 32.2. The van der Waals surface area contributed by atoms with E-state index in [0.717, 1.165) is 24.3 Å². The zero-order chi connectivity index (χ0) is 14.6. The molecule has 0 unspecified atom stereocenters. The fraction of sp³-hybridized carbons (Fsp3) is 0.571. The van der Waals surface area contributed by atoms with Crippen LogP contribution in [0.5, 0.6) is 0 Å². The average molecular weight is 312 g/mol. The lowest BCUT2D eigenvalue weighted by Crippen LogP contribution is -2.32. The Hall–Kier alpha value is -0.870. The van der Waals surface area contributed by atoms with Crippen LogP contribution in [0.1, 0.15) is 24.6 Å². The summed E-state index contributed by atoms with van der Waals surface area (Å²) in [6.45, 7) is 4.29. The van der Waals surface area contributed by atoms with Crippen molar-refractivity contribution in [1.82, 2.24) is 9.62 Å². The van der Waals surface area contributed by atoms with Gasteiger partial charge in [-0.25, -0.2) is 8.42 Å². The molecule has 1 aromatic heterocycles. The molecule has 1 aliphatic rings. The van der Waals surface area contributed by atoms with Crippen molar-refractivity contribution in [1.29, 1.82) is 0 Å². The van der Waals surface area contributed by atoms with Crippen molar-refractivity contribution in [2.75, 3.05) is 19.6 Å². The molecule has 4 nitrogen and oxygen atoms in total. The van der Waals surface area contributed by atoms with Gasteiger partial charge in [-0.3, -0.25) is 0 Å². The molecule has 0 spiro atoms. The maximum Gasteiger partial charge on any atom is 0.253 e. The second kappa shape index (κ2) is 6.72. The highest BCUT2D eigenvalue weighted by Gasteiger charge is 2.32. The number of nitrogens with zero attached hydrogens (tertiary/aromatic N) is 1. The number of nitrogens with one attached hydrogen (secondary N) is 1. The zero-order valence-electron chi connectivity index (χ0n) is 11.6. The summed E-state index contributed by atoms with van der Waals surface area (Å²) in [5.41, 5.74) is 0. The largest absolute Gasteiger partial charge is 0.312 e. The lowest BCUT2D eigenvalue weighted by atomic mass is 10.4. The first-order valence-electron chi connectivity index (χ1n) is 6.81. The van der Waals surface area contributed by atoms with E-state index in [-0.39, 0.29) is 6.54 Å². The quantitative estimate of drug-likeness (QED) is 0.746. The normalized spacial score (nSPS) is 15.4. The Morgan fingerprint density at radius 2 is 2.25 bits per heavy atom. The Morgan fingerprint density at radius 1 is 1.50 bits per heavy atom. The van der Waals surface area contributed by atoms with Crippen LogP contribution < -0.4 is 5.32 Å². The summed E-state index contributed by atoms with van der Waals surface area (Å²) in [6, 6.07) is 3.55. The summed E-state index contributed by atoms with van der Waals surface area (Å²) in [5, 5.41) is 3.20. The van der Waals surface area contributed by atoms with Crippen LogP contribution in [-0.2, 0) is 16.6 Å². The van der Waals surface area contributed by atoms with Crippen molar-refractivity contribution in [3.8, 4) is 12.3 Å². The first-order valence-corrected chi connectivity index (χ1v) is 9.06. The fourth-order valence-electron chi connectivity index (χ4n) is 1.91. The third kappa shape index (κ3) is 3.83. The molecule has 0 saturated heterocycles. The topological polar surface area (TPSA) is 49.4 Å². The molecule has 0 aliphatic heterocycles. The number of sulfonamides is 1. The Morgan fingerprint density at radius 3 is 2.85 bits per heavy atom. The lowest BCUT2D eigenvalue weighted by Gasteiger charge is -2.18. The standard InChI is InChI=1S/C14H20N2O2S2/c1-3-9-16(11-12-5-6-12)20(17,18)14-8-7-13(19-14)10-15-4-2/h1,7-8,12,15H,4-6,9-11H2,2H3. The van der Waals surface area contributed by atoms with Crippen molar-refractivity contribution >= 4 is 21.4 Å². The van der Waals surface area contributed by atoms with E-state index in [1.165, 1.54) is 15.6 Å². The fourth-order valence-corrected chi connectivity index (χ4v) is 4.81. The summed E-state index contributed by atoms with van der Waals surface area (Å²) >= 11 is 1.32. The molecule has 0 radical (unpaired) electrons. The molecule has 0 amide bonds. The first-order chi connectivity index (χ1) is 9.57. The van der Waals surface area contributed by atoms with Gasteiger partial charge in [0.25, 0.3) is 10.0 Å². The molecule has 20 heavy (non-hydrogen) atoms. The van der Waals surface area contributed by atoms with Gasteiger partial charge in [0, 0.05) is 18.0 Å². The van der Waals surface area contributed by atoms with E-state index in [4.69, 9.17) is 6.42 Å². The van der Waals surface area contributed by atoms with Crippen LogP contribution in [0.2, 0.25) is 0 Å². The van der Waals surface area contributed by atoms with Crippen LogP contribution in [-0.4, -0.2) is 32.4 Å². The molecule has 1 aliphatic carbocycles. The van der Waals surface area contributed by atoms with Crippen LogP contribution in [0, 0.1) is 18.3 Å². The third-order valence-corrected chi connectivity index (χ3v) is 6.57. The molecule has 0 aromatic carbocycles. The summed E-state index contributed by atoms with van der Waals surface area (Å²) in [6.07, 6.45) is 7.52. The zero-order valence-corrected chi connectivity index (χ0v) is 13.3. The second-order valence-electron chi connectivity index (χ2n) is 4.95. The Kier molecular flexibility index (Phi) is 5.22. The molecule has 1 fully saturated rings. The maximum absolute atomic E-state index is 12.6.